The normalized spacial score (nSPS) is 14.9. The Balaban J connectivity index is 1.11. The van der Waals surface area contributed by atoms with Gasteiger partial charge in [-0.1, -0.05) is 66.7 Å². The van der Waals surface area contributed by atoms with E-state index >= 15 is 0 Å². The number of imide groups is 1. The van der Waals surface area contributed by atoms with Crippen molar-refractivity contribution in [1.82, 2.24) is 10.6 Å². The Labute approximate surface area is 298 Å². The number of anilines is 5. The molecule has 52 heavy (non-hydrogen) atoms. The molecule has 0 spiro atoms. The van der Waals surface area contributed by atoms with E-state index < -0.39 is 12.1 Å². The topological polar surface area (TPSA) is 161 Å². The molecule has 0 aliphatic carbocycles. The predicted molar refractivity (Wildman–Crippen MR) is 201 cm³/mol. The zero-order chi connectivity index (χ0) is 36.2. The maximum absolute atomic E-state index is 13.6. The van der Waals surface area contributed by atoms with E-state index in [-0.39, 0.29) is 30.3 Å². The van der Waals surface area contributed by atoms with Gasteiger partial charge in [-0.15, -0.1) is 0 Å². The molecule has 2 heterocycles. The predicted octanol–water partition coefficient (Wildman–Crippen LogP) is 6.81. The summed E-state index contributed by atoms with van der Waals surface area (Å²) in [5.74, 6) is -0.956. The number of nitrogens with one attached hydrogen (secondary N) is 6. The lowest BCUT2D eigenvalue weighted by molar-refractivity contribution is -0.116. The van der Waals surface area contributed by atoms with E-state index in [4.69, 9.17) is 0 Å². The summed E-state index contributed by atoms with van der Waals surface area (Å²) in [5.41, 5.74) is 6.05. The Morgan fingerprint density at radius 3 is 2.06 bits per heavy atom. The summed E-state index contributed by atoms with van der Waals surface area (Å²) >= 11 is 0. The highest BCUT2D eigenvalue weighted by atomic mass is 16.2. The Bertz CT molecular complexity index is 2220. The van der Waals surface area contributed by atoms with Crippen LogP contribution >= 0.6 is 0 Å². The molecule has 1 saturated heterocycles. The Kier molecular flexibility index (Phi) is 9.18. The van der Waals surface area contributed by atoms with E-state index in [1.54, 1.807) is 60.7 Å². The largest absolute Gasteiger partial charge is 0.354 e. The fourth-order valence-corrected chi connectivity index (χ4v) is 6.04. The van der Waals surface area contributed by atoms with Gasteiger partial charge >= 0.3 is 12.1 Å². The van der Waals surface area contributed by atoms with Gasteiger partial charge in [-0.25, -0.2) is 14.5 Å². The van der Waals surface area contributed by atoms with E-state index in [1.165, 1.54) is 0 Å². The Hall–Kier alpha value is -7.21. The standard InChI is InChI=1S/C40H33N7O5/c1-24(25-9-4-2-5-10-25)42-37(49)27-15-20-33-32(21-27)35(38(50)46-33)36(26-11-6-3-7-12-26)43-29-13-8-14-30(22-29)45-39(51)44-28-16-18-31(19-17-28)47-34(48)23-41-40(47)52/h2-22,24,43H,23H2,1H3,(H,41,52)(H,42,49)(H,46,50)(H2,44,45,51)/t24-/m0/s1. The monoisotopic (exact) mass is 691 g/mol. The van der Waals surface area contributed by atoms with Crippen LogP contribution in [-0.4, -0.2) is 36.3 Å². The average molecular weight is 692 g/mol. The summed E-state index contributed by atoms with van der Waals surface area (Å²) in [5, 5.41) is 17.4. The van der Waals surface area contributed by atoms with Crippen molar-refractivity contribution < 1.29 is 24.0 Å². The van der Waals surface area contributed by atoms with Crippen molar-refractivity contribution in [3.63, 3.8) is 0 Å². The number of fused-ring (bicyclic) bond motifs is 1. The van der Waals surface area contributed by atoms with Crippen molar-refractivity contribution in [2.45, 2.75) is 13.0 Å². The molecule has 0 unspecified atom stereocenters. The van der Waals surface area contributed by atoms with E-state index in [0.29, 0.717) is 50.8 Å². The van der Waals surface area contributed by atoms with Crippen molar-refractivity contribution in [3.8, 4) is 0 Å². The van der Waals surface area contributed by atoms with Crippen molar-refractivity contribution in [2.75, 3.05) is 32.7 Å². The summed E-state index contributed by atoms with van der Waals surface area (Å²) < 4.78 is 0. The van der Waals surface area contributed by atoms with Crippen molar-refractivity contribution in [1.29, 1.82) is 0 Å². The summed E-state index contributed by atoms with van der Waals surface area (Å²) in [7, 11) is 0. The van der Waals surface area contributed by atoms with Gasteiger partial charge in [0.05, 0.1) is 29.5 Å². The van der Waals surface area contributed by atoms with Crippen LogP contribution in [0.15, 0.2) is 127 Å². The highest BCUT2D eigenvalue weighted by Crippen LogP contribution is 2.38. The zero-order valence-corrected chi connectivity index (χ0v) is 27.9. The number of hydrogen-bond acceptors (Lipinski definition) is 6. The third-order valence-corrected chi connectivity index (χ3v) is 8.60. The molecule has 12 heteroatoms. The van der Waals surface area contributed by atoms with Crippen molar-refractivity contribution >= 4 is 69.5 Å². The molecule has 5 aromatic carbocycles. The number of amides is 7. The van der Waals surface area contributed by atoms with E-state index in [9.17, 15) is 24.0 Å². The number of benzene rings is 5. The average Bonchev–Trinajstić information content (AvgIpc) is 3.67. The molecule has 0 bridgehead atoms. The van der Waals surface area contributed by atoms with E-state index in [2.05, 4.69) is 31.9 Å². The van der Waals surface area contributed by atoms with Gasteiger partial charge in [0.1, 0.15) is 0 Å². The minimum Gasteiger partial charge on any atom is -0.354 e. The van der Waals surface area contributed by atoms with Crippen LogP contribution in [0.5, 0.6) is 0 Å². The van der Waals surface area contributed by atoms with Gasteiger partial charge in [-0.05, 0) is 78.7 Å². The number of hydrogen-bond donors (Lipinski definition) is 6. The lowest BCUT2D eigenvalue weighted by Gasteiger charge is -2.17. The minimum atomic E-state index is -0.516. The summed E-state index contributed by atoms with van der Waals surface area (Å²) in [4.78, 5) is 64.9. The number of nitrogens with zero attached hydrogens (tertiary/aromatic N) is 1. The first kappa shape index (κ1) is 33.3. The number of carbonyl (C=O) groups excluding carboxylic acids is 5. The molecule has 0 saturated carbocycles. The second kappa shape index (κ2) is 14.3. The molecule has 5 aromatic rings. The summed E-state index contributed by atoms with van der Waals surface area (Å²) in [6.07, 6.45) is 0. The zero-order valence-electron chi connectivity index (χ0n) is 27.9. The molecule has 6 N–H and O–H groups in total. The SMILES string of the molecule is C[C@H](NC(=O)c1ccc2c(c1)C(=C(Nc1cccc(NC(=O)Nc3ccc(N4C(=O)CNC4=O)cc3)c1)c1ccccc1)C(=O)N2)c1ccccc1. The van der Waals surface area contributed by atoms with Gasteiger partial charge in [0.2, 0.25) is 0 Å². The molecule has 2 aliphatic rings. The number of urea groups is 2. The Morgan fingerprint density at radius 1 is 0.692 bits per heavy atom. The lowest BCUT2D eigenvalue weighted by atomic mass is 9.98. The van der Waals surface area contributed by atoms with Gasteiger partial charge in [-0.3, -0.25) is 14.4 Å². The van der Waals surface area contributed by atoms with Gasteiger partial charge in [0, 0.05) is 33.9 Å². The summed E-state index contributed by atoms with van der Waals surface area (Å²) in [6, 6.07) is 36.3. The van der Waals surface area contributed by atoms with E-state index in [0.717, 1.165) is 16.0 Å². The maximum Gasteiger partial charge on any atom is 0.329 e. The maximum atomic E-state index is 13.6. The lowest BCUT2D eigenvalue weighted by Crippen LogP contribution is -2.30. The highest BCUT2D eigenvalue weighted by molar-refractivity contribution is 6.37. The first-order valence-corrected chi connectivity index (χ1v) is 16.5. The minimum absolute atomic E-state index is 0.0613. The quantitative estimate of drug-likeness (QED) is 0.0736. The van der Waals surface area contributed by atoms with Gasteiger partial charge < -0.3 is 31.9 Å². The number of rotatable bonds is 9. The van der Waals surface area contributed by atoms with Crippen LogP contribution in [0.25, 0.3) is 11.3 Å². The van der Waals surface area contributed by atoms with Gasteiger partial charge in [0.15, 0.2) is 0 Å². The van der Waals surface area contributed by atoms with Gasteiger partial charge in [-0.2, -0.15) is 0 Å². The molecular weight excluding hydrogens is 658 g/mol. The molecule has 258 valence electrons. The molecule has 0 aromatic heterocycles. The fourth-order valence-electron chi connectivity index (χ4n) is 6.04. The third-order valence-electron chi connectivity index (χ3n) is 8.60. The second-order valence-electron chi connectivity index (χ2n) is 12.2. The Morgan fingerprint density at radius 2 is 1.37 bits per heavy atom. The molecule has 1 atom stereocenters. The van der Waals surface area contributed by atoms with Crippen LogP contribution in [0.2, 0.25) is 0 Å². The molecule has 7 amide bonds. The molecule has 12 nitrogen and oxygen atoms in total. The van der Waals surface area contributed by atoms with Crippen LogP contribution in [0.3, 0.4) is 0 Å². The number of carbonyl (C=O) groups is 5. The second-order valence-corrected chi connectivity index (χ2v) is 12.2. The molecule has 7 rings (SSSR count). The molecule has 2 aliphatic heterocycles. The van der Waals surface area contributed by atoms with Crippen LogP contribution in [0, 0.1) is 0 Å². The van der Waals surface area contributed by atoms with Crippen molar-refractivity contribution in [2.24, 2.45) is 0 Å². The van der Waals surface area contributed by atoms with Crippen LogP contribution in [0.4, 0.5) is 38.0 Å². The van der Waals surface area contributed by atoms with Crippen LogP contribution in [0.1, 0.15) is 40.0 Å². The van der Waals surface area contributed by atoms with Gasteiger partial charge in [0.25, 0.3) is 17.7 Å². The third kappa shape index (κ3) is 7.07. The highest BCUT2D eigenvalue weighted by Gasteiger charge is 2.31. The van der Waals surface area contributed by atoms with E-state index in [1.807, 2.05) is 73.7 Å². The first-order valence-electron chi connectivity index (χ1n) is 16.5. The summed E-state index contributed by atoms with van der Waals surface area (Å²) in [6.45, 7) is 1.86. The molecule has 0 radical (unpaired) electrons. The van der Waals surface area contributed by atoms with Crippen LogP contribution in [-0.2, 0) is 9.59 Å². The fraction of sp³-hybridized carbons (Fsp3) is 0.0750. The molecular formula is C40H33N7O5. The molecule has 1 fully saturated rings. The first-order chi connectivity index (χ1) is 25.2. The van der Waals surface area contributed by atoms with Crippen molar-refractivity contribution in [3.05, 3.63) is 150 Å². The van der Waals surface area contributed by atoms with Crippen LogP contribution < -0.4 is 36.8 Å². The smallest absolute Gasteiger partial charge is 0.329 e.